The molecule has 0 aliphatic carbocycles. The van der Waals surface area contributed by atoms with Gasteiger partial charge in [0.15, 0.2) is 0 Å². The van der Waals surface area contributed by atoms with Crippen LogP contribution in [0.4, 0.5) is 4.79 Å². The Bertz CT molecular complexity index is 340. The fraction of sp³-hybridized carbons (Fsp3) is 0.769. The van der Waals surface area contributed by atoms with Gasteiger partial charge in [-0.05, 0) is 66.0 Å². The van der Waals surface area contributed by atoms with Gasteiger partial charge in [-0.1, -0.05) is 0 Å². The van der Waals surface area contributed by atoms with Crippen LogP contribution in [0, 0.1) is 0 Å². The first kappa shape index (κ1) is 22.1. The second-order valence-electron chi connectivity index (χ2n) is 4.76. The third-order valence-electron chi connectivity index (χ3n) is 1.87. The molecular weight excluding hydrogens is 312 g/mol. The molecular formula is C13H26N2O4S2. The largest absolute Gasteiger partial charge is 0.516 e. The predicted octanol–water partition coefficient (Wildman–Crippen LogP) is 2.83. The lowest BCUT2D eigenvalue weighted by molar-refractivity contribution is 0.0154. The summed E-state index contributed by atoms with van der Waals surface area (Å²) in [7, 11) is 0. The topological polar surface area (TPSA) is 74.0 Å². The van der Waals surface area contributed by atoms with E-state index in [1.54, 1.807) is 25.7 Å². The highest BCUT2D eigenvalue weighted by molar-refractivity contribution is 7.80. The van der Waals surface area contributed by atoms with E-state index in [1.807, 2.05) is 20.8 Å². The highest BCUT2D eigenvalue weighted by Gasteiger charge is 2.20. The van der Waals surface area contributed by atoms with Crippen molar-refractivity contribution in [2.24, 2.45) is 5.73 Å². The molecule has 0 rings (SSSR count). The summed E-state index contributed by atoms with van der Waals surface area (Å²) < 4.78 is 14.4. The van der Waals surface area contributed by atoms with Gasteiger partial charge in [0.05, 0.1) is 6.61 Å². The lowest BCUT2D eigenvalue weighted by Gasteiger charge is -2.23. The Morgan fingerprint density at radius 3 is 1.86 bits per heavy atom. The van der Waals surface area contributed by atoms with Crippen LogP contribution in [-0.2, 0) is 14.2 Å². The molecule has 0 aromatic heterocycles. The molecule has 2 N–H and O–H groups in total. The number of ether oxygens (including phenoxy) is 3. The minimum Gasteiger partial charge on any atom is -0.472 e. The molecule has 0 heterocycles. The van der Waals surface area contributed by atoms with Gasteiger partial charge in [0.1, 0.15) is 5.60 Å². The van der Waals surface area contributed by atoms with Gasteiger partial charge in [0.25, 0.3) is 10.3 Å². The highest BCUT2D eigenvalue weighted by Crippen LogP contribution is 2.09. The van der Waals surface area contributed by atoms with Crippen LogP contribution in [0.25, 0.3) is 0 Å². The van der Waals surface area contributed by atoms with E-state index < -0.39 is 11.8 Å². The minimum absolute atomic E-state index is 0.123. The molecule has 0 amide bonds. The summed E-state index contributed by atoms with van der Waals surface area (Å²) in [6.07, 6.45) is -0.751. The number of carbonyl (C=O) groups is 1. The van der Waals surface area contributed by atoms with Crippen molar-refractivity contribution in [3.63, 3.8) is 0 Å². The summed E-state index contributed by atoms with van der Waals surface area (Å²) in [5.41, 5.74) is 4.35. The zero-order chi connectivity index (χ0) is 17.1. The molecule has 0 fully saturated rings. The fourth-order valence-corrected chi connectivity index (χ4v) is 1.47. The SMILES string of the molecule is CCN(CC)C(=S)OC(=O)OC(C)(C)C.CCOC(N)=S. The maximum absolute atomic E-state index is 11.2. The fourth-order valence-electron chi connectivity index (χ4n) is 1.03. The van der Waals surface area contributed by atoms with Crippen LogP contribution in [0.2, 0.25) is 0 Å². The average Bonchev–Trinajstić information content (AvgIpc) is 2.28. The molecule has 0 atom stereocenters. The molecule has 0 aromatic carbocycles. The maximum Gasteiger partial charge on any atom is 0.516 e. The van der Waals surface area contributed by atoms with Gasteiger partial charge in [0, 0.05) is 13.1 Å². The number of nitrogens with two attached hydrogens (primary N) is 1. The Labute approximate surface area is 137 Å². The summed E-state index contributed by atoms with van der Waals surface area (Å²) in [4.78, 5) is 13.0. The minimum atomic E-state index is -0.751. The van der Waals surface area contributed by atoms with E-state index in [2.05, 4.69) is 17.0 Å². The van der Waals surface area contributed by atoms with E-state index in [0.717, 1.165) is 0 Å². The zero-order valence-corrected chi connectivity index (χ0v) is 15.2. The molecule has 124 valence electrons. The zero-order valence-electron chi connectivity index (χ0n) is 13.6. The van der Waals surface area contributed by atoms with Crippen LogP contribution in [0.1, 0.15) is 41.5 Å². The van der Waals surface area contributed by atoms with Gasteiger partial charge in [-0.3, -0.25) is 0 Å². The number of nitrogens with zero attached hydrogens (tertiary/aromatic N) is 1. The molecule has 8 heteroatoms. The summed E-state index contributed by atoms with van der Waals surface area (Å²) in [6, 6.07) is 0. The van der Waals surface area contributed by atoms with Crippen molar-refractivity contribution in [3.05, 3.63) is 0 Å². The maximum atomic E-state index is 11.2. The van der Waals surface area contributed by atoms with E-state index in [1.165, 1.54) is 0 Å². The number of rotatable bonds is 3. The third kappa shape index (κ3) is 15.1. The van der Waals surface area contributed by atoms with Crippen molar-refractivity contribution in [1.82, 2.24) is 4.90 Å². The highest BCUT2D eigenvalue weighted by atomic mass is 32.1. The van der Waals surface area contributed by atoms with Crippen molar-refractivity contribution >= 4 is 40.9 Å². The number of thiocarbonyl (C=S) groups is 2. The van der Waals surface area contributed by atoms with E-state index in [0.29, 0.717) is 19.7 Å². The molecule has 0 saturated heterocycles. The van der Waals surface area contributed by atoms with Gasteiger partial charge in [-0.2, -0.15) is 0 Å². The molecule has 0 spiro atoms. The first-order valence-corrected chi connectivity index (χ1v) is 7.50. The molecule has 0 saturated carbocycles. The first-order valence-electron chi connectivity index (χ1n) is 6.69. The van der Waals surface area contributed by atoms with Crippen molar-refractivity contribution < 1.29 is 19.0 Å². The van der Waals surface area contributed by atoms with Gasteiger partial charge >= 0.3 is 6.16 Å². The Kier molecular flexibility index (Phi) is 12.1. The molecule has 0 radical (unpaired) electrons. The van der Waals surface area contributed by atoms with E-state index in [-0.39, 0.29) is 10.3 Å². The summed E-state index contributed by atoms with van der Waals surface area (Å²) in [6.45, 7) is 13.0. The molecule has 0 aliphatic rings. The second-order valence-corrected chi connectivity index (χ2v) is 5.51. The van der Waals surface area contributed by atoms with Crippen LogP contribution in [0.15, 0.2) is 0 Å². The van der Waals surface area contributed by atoms with Crippen molar-refractivity contribution in [1.29, 1.82) is 0 Å². The average molecular weight is 338 g/mol. The number of carbonyl (C=O) groups excluding carboxylic acids is 1. The molecule has 0 aromatic rings. The van der Waals surface area contributed by atoms with Gasteiger partial charge in [-0.25, -0.2) is 4.79 Å². The van der Waals surface area contributed by atoms with Crippen LogP contribution < -0.4 is 5.73 Å². The Morgan fingerprint density at radius 1 is 1.14 bits per heavy atom. The monoisotopic (exact) mass is 338 g/mol. The molecule has 0 bridgehead atoms. The molecule has 6 nitrogen and oxygen atoms in total. The summed E-state index contributed by atoms with van der Waals surface area (Å²) >= 11 is 9.29. The van der Waals surface area contributed by atoms with E-state index in [9.17, 15) is 4.79 Å². The standard InChI is InChI=1S/C10H19NO3S.C3H7NOS/c1-6-11(7-2)8(15)13-9(12)14-10(3,4)5;1-2-5-3(4)6/h6-7H2,1-5H3;2H2,1H3,(H2,4,6). The van der Waals surface area contributed by atoms with Crippen molar-refractivity contribution in [2.75, 3.05) is 19.7 Å². The molecule has 0 aliphatic heterocycles. The van der Waals surface area contributed by atoms with Crippen molar-refractivity contribution in [3.8, 4) is 0 Å². The van der Waals surface area contributed by atoms with E-state index in [4.69, 9.17) is 27.4 Å². The quantitative estimate of drug-likeness (QED) is 0.622. The Balaban J connectivity index is 0. The van der Waals surface area contributed by atoms with Crippen LogP contribution >= 0.6 is 24.4 Å². The lowest BCUT2D eigenvalue weighted by atomic mass is 10.2. The Hall–Kier alpha value is -1.15. The normalized spacial score (nSPS) is 9.81. The second kappa shape index (κ2) is 11.5. The first-order chi connectivity index (χ1) is 9.57. The van der Waals surface area contributed by atoms with Crippen LogP contribution in [0.3, 0.4) is 0 Å². The van der Waals surface area contributed by atoms with Gasteiger partial charge in [-0.15, -0.1) is 0 Å². The van der Waals surface area contributed by atoms with Crippen LogP contribution in [0.5, 0.6) is 0 Å². The Morgan fingerprint density at radius 2 is 1.62 bits per heavy atom. The number of hydrogen-bond donors (Lipinski definition) is 1. The van der Waals surface area contributed by atoms with Crippen molar-refractivity contribution in [2.45, 2.75) is 47.1 Å². The summed E-state index contributed by atoms with van der Waals surface area (Å²) in [5.74, 6) is 0. The van der Waals surface area contributed by atoms with Gasteiger partial charge < -0.3 is 24.8 Å². The smallest absolute Gasteiger partial charge is 0.472 e. The predicted molar refractivity (Wildman–Crippen MR) is 91.2 cm³/mol. The van der Waals surface area contributed by atoms with Crippen LogP contribution in [-0.4, -0.2) is 46.7 Å². The summed E-state index contributed by atoms with van der Waals surface area (Å²) in [5, 5.41) is 0.284. The molecule has 21 heavy (non-hydrogen) atoms. The lowest BCUT2D eigenvalue weighted by Crippen LogP contribution is -2.34. The molecule has 0 unspecified atom stereocenters. The number of hydrogen-bond acceptors (Lipinski definition) is 6. The third-order valence-corrected chi connectivity index (χ3v) is 2.33. The van der Waals surface area contributed by atoms with E-state index >= 15 is 0 Å². The van der Waals surface area contributed by atoms with Gasteiger partial charge in [0.2, 0.25) is 0 Å².